The van der Waals surface area contributed by atoms with Crippen LogP contribution in [0, 0.1) is 0 Å². The zero-order valence-electron chi connectivity index (χ0n) is 21.9. The van der Waals surface area contributed by atoms with E-state index in [1.165, 1.54) is 11.8 Å². The number of thioether (sulfide) groups is 1. The van der Waals surface area contributed by atoms with Crippen LogP contribution in [-0.2, 0) is 11.2 Å². The molecule has 0 aliphatic heterocycles. The normalized spacial score (nSPS) is 11.5. The van der Waals surface area contributed by atoms with Gasteiger partial charge in [-0.25, -0.2) is 4.98 Å². The van der Waals surface area contributed by atoms with Crippen LogP contribution in [0.2, 0.25) is 5.02 Å². The Bertz CT molecular complexity index is 1460. The molecule has 4 aromatic rings. The first-order valence-electron chi connectivity index (χ1n) is 11.8. The molecule has 0 bridgehead atoms. The van der Waals surface area contributed by atoms with Crippen molar-refractivity contribution in [2.45, 2.75) is 24.5 Å². The molecular weight excluding hydrogens is 552 g/mol. The van der Waals surface area contributed by atoms with Gasteiger partial charge in [-0.15, -0.1) is 0 Å². The van der Waals surface area contributed by atoms with Crippen LogP contribution < -0.4 is 69.3 Å². The van der Waals surface area contributed by atoms with Gasteiger partial charge in [0.25, 0.3) is 0 Å². The second kappa shape index (κ2) is 16.6. The van der Waals surface area contributed by atoms with Gasteiger partial charge in [-0.05, 0) is 66.0 Å². The van der Waals surface area contributed by atoms with Gasteiger partial charge in [0.2, 0.25) is 0 Å². The minimum atomic E-state index is -1.20. The molecule has 0 fully saturated rings. The van der Waals surface area contributed by atoms with Crippen LogP contribution >= 0.6 is 23.4 Å². The predicted octanol–water partition coefficient (Wildman–Crippen LogP) is -1.02. The fourth-order valence-corrected chi connectivity index (χ4v) is 5.46. The molecule has 0 amide bonds. The fraction of sp³-hybridized carbons (Fsp3) is 0.167. The number of carbonyl (C=O) groups excluding carboxylic acids is 2. The van der Waals surface area contributed by atoms with Crippen molar-refractivity contribution in [3.63, 3.8) is 0 Å². The molecule has 1 heterocycles. The van der Waals surface area contributed by atoms with Crippen LogP contribution in [-0.4, -0.2) is 22.7 Å². The van der Waals surface area contributed by atoms with E-state index in [9.17, 15) is 19.8 Å². The summed E-state index contributed by atoms with van der Waals surface area (Å²) in [6.07, 6.45) is 5.04. The molecule has 4 rings (SSSR count). The van der Waals surface area contributed by atoms with Gasteiger partial charge in [0.05, 0.1) is 17.2 Å². The number of pyridine rings is 1. The van der Waals surface area contributed by atoms with E-state index in [1.54, 1.807) is 24.3 Å². The Kier molecular flexibility index (Phi) is 14.3. The molecule has 5 nitrogen and oxygen atoms in total. The number of halogens is 1. The van der Waals surface area contributed by atoms with E-state index < -0.39 is 11.9 Å². The molecule has 1 aromatic heterocycles. The minimum absolute atomic E-state index is 0. The molecule has 1 unspecified atom stereocenters. The first kappa shape index (κ1) is 33.6. The van der Waals surface area contributed by atoms with Crippen molar-refractivity contribution in [3.8, 4) is 0 Å². The molecule has 3 aromatic carbocycles. The number of aromatic carboxylic acids is 1. The summed E-state index contributed by atoms with van der Waals surface area (Å²) >= 11 is 7.63. The summed E-state index contributed by atoms with van der Waals surface area (Å²) < 4.78 is 0. The topological polar surface area (TPSA) is 93.1 Å². The molecule has 39 heavy (non-hydrogen) atoms. The summed E-state index contributed by atoms with van der Waals surface area (Å²) in [4.78, 5) is 27.1. The van der Waals surface area contributed by atoms with Crippen LogP contribution in [0.1, 0.15) is 50.8 Å². The van der Waals surface area contributed by atoms with Crippen molar-refractivity contribution in [3.05, 3.63) is 112 Å². The molecule has 9 heteroatoms. The summed E-state index contributed by atoms with van der Waals surface area (Å²) in [6, 6.07) is 24.4. The summed E-state index contributed by atoms with van der Waals surface area (Å²) in [6.45, 7) is 0. The Balaban J connectivity index is 0.00000267. The van der Waals surface area contributed by atoms with Crippen molar-refractivity contribution in [1.29, 1.82) is 0 Å². The van der Waals surface area contributed by atoms with Gasteiger partial charge in [0.1, 0.15) is 0 Å². The number of aromatic nitrogens is 1. The molecule has 0 radical (unpaired) electrons. The molecule has 0 N–H and O–H groups in total. The van der Waals surface area contributed by atoms with Gasteiger partial charge in [0, 0.05) is 27.2 Å². The summed E-state index contributed by atoms with van der Waals surface area (Å²) in [7, 11) is 0. The van der Waals surface area contributed by atoms with Crippen LogP contribution in [0.5, 0.6) is 0 Å². The molecule has 0 saturated heterocycles. The third kappa shape index (κ3) is 10.1. The number of benzene rings is 3. The maximum Gasteiger partial charge on any atom is 1.00 e. The number of hydrogen-bond acceptors (Lipinski definition) is 6. The molecular formula is C30H24ClNNa2O4S. The number of carboxylic acid groups (broad SMARTS) is 2. The largest absolute Gasteiger partial charge is 1.00 e. The third-order valence-corrected chi connectivity index (χ3v) is 7.53. The quantitative estimate of drug-likeness (QED) is 0.213. The number of hydrogen-bond donors (Lipinski definition) is 0. The zero-order valence-corrected chi connectivity index (χ0v) is 27.5. The van der Waals surface area contributed by atoms with Crippen molar-refractivity contribution in [1.82, 2.24) is 4.98 Å². The van der Waals surface area contributed by atoms with Gasteiger partial charge in [-0.1, -0.05) is 78.3 Å². The van der Waals surface area contributed by atoms with E-state index in [-0.39, 0.29) is 76.3 Å². The smallest absolute Gasteiger partial charge is 0.550 e. The van der Waals surface area contributed by atoms with E-state index in [4.69, 9.17) is 11.6 Å². The number of carbonyl (C=O) groups is 2. The molecule has 0 aliphatic rings. The van der Waals surface area contributed by atoms with E-state index in [0.29, 0.717) is 29.2 Å². The van der Waals surface area contributed by atoms with Crippen molar-refractivity contribution in [2.75, 3.05) is 5.75 Å². The predicted molar refractivity (Wildman–Crippen MR) is 146 cm³/mol. The van der Waals surface area contributed by atoms with Crippen LogP contribution in [0.3, 0.4) is 0 Å². The average Bonchev–Trinajstić information content (AvgIpc) is 2.89. The summed E-state index contributed by atoms with van der Waals surface area (Å²) in [5.41, 5.74) is 4.53. The van der Waals surface area contributed by atoms with E-state index in [1.807, 2.05) is 60.7 Å². The molecule has 0 spiro atoms. The average molecular weight is 576 g/mol. The Morgan fingerprint density at radius 2 is 1.69 bits per heavy atom. The van der Waals surface area contributed by atoms with Gasteiger partial charge in [0.15, 0.2) is 0 Å². The number of aryl methyl sites for hydroxylation is 1. The maximum atomic E-state index is 11.5. The number of aliphatic carboxylic acids is 1. The first-order valence-corrected chi connectivity index (χ1v) is 13.3. The SMILES string of the molecule is O=C([O-])CCSC(CCc1ccccc1C(=O)[O-])c1cccc(C=Cc2ccc3ccc(Cl)cc3n2)c1.[Na+].[Na+]. The summed E-state index contributed by atoms with van der Waals surface area (Å²) in [5.74, 6) is -1.89. The fourth-order valence-electron chi connectivity index (χ4n) is 4.10. The Hall–Kier alpha value is -1.61. The standard InChI is InChI=1S/C30H26ClNO4S.2Na/c31-24-12-9-22-10-14-25(32-27(22)19-24)13-8-20-4-3-6-23(18-20)28(37-17-16-29(33)34)15-11-21-5-1-2-7-26(21)30(35)36;;/h1-10,12-14,18-19,28H,11,15-17H2,(H,33,34)(H,35,36);;/q;2*+1/p-2. The van der Waals surface area contributed by atoms with E-state index in [2.05, 4.69) is 11.1 Å². The Morgan fingerprint density at radius 1 is 0.923 bits per heavy atom. The van der Waals surface area contributed by atoms with Crippen LogP contribution in [0.25, 0.3) is 23.1 Å². The van der Waals surface area contributed by atoms with Gasteiger partial charge in [-0.3, -0.25) is 0 Å². The maximum absolute atomic E-state index is 11.5. The molecule has 0 saturated carbocycles. The monoisotopic (exact) mass is 575 g/mol. The molecule has 0 aliphatic carbocycles. The minimum Gasteiger partial charge on any atom is -0.550 e. The second-order valence-electron chi connectivity index (χ2n) is 8.54. The van der Waals surface area contributed by atoms with E-state index >= 15 is 0 Å². The van der Waals surface area contributed by atoms with Crippen LogP contribution in [0.15, 0.2) is 78.9 Å². The van der Waals surface area contributed by atoms with Gasteiger partial charge in [-0.2, -0.15) is 11.8 Å². The zero-order chi connectivity index (χ0) is 26.2. The Labute approximate surface area is 281 Å². The van der Waals surface area contributed by atoms with Gasteiger partial charge >= 0.3 is 59.1 Å². The third-order valence-electron chi connectivity index (χ3n) is 5.94. The number of fused-ring (bicyclic) bond motifs is 1. The Morgan fingerprint density at radius 3 is 2.46 bits per heavy atom. The first-order chi connectivity index (χ1) is 17.9. The second-order valence-corrected chi connectivity index (χ2v) is 10.3. The number of nitrogens with zero attached hydrogens (tertiary/aromatic N) is 1. The molecule has 1 atom stereocenters. The van der Waals surface area contributed by atoms with Crippen molar-refractivity contribution >= 4 is 58.4 Å². The molecule has 188 valence electrons. The van der Waals surface area contributed by atoms with Crippen molar-refractivity contribution in [2.24, 2.45) is 0 Å². The van der Waals surface area contributed by atoms with Crippen LogP contribution in [0.4, 0.5) is 0 Å². The summed E-state index contributed by atoms with van der Waals surface area (Å²) in [5, 5.41) is 24.1. The number of rotatable bonds is 11. The van der Waals surface area contributed by atoms with E-state index in [0.717, 1.165) is 27.7 Å². The van der Waals surface area contributed by atoms with Crippen molar-refractivity contribution < 1.29 is 78.9 Å². The van der Waals surface area contributed by atoms with Gasteiger partial charge < -0.3 is 19.8 Å². The number of carboxylic acids is 2.